The summed E-state index contributed by atoms with van der Waals surface area (Å²) < 4.78 is 1.83. The fourth-order valence-corrected chi connectivity index (χ4v) is 2.55. The molecule has 0 bridgehead atoms. The average molecular weight is 305 g/mol. The third kappa shape index (κ3) is 4.36. The lowest BCUT2D eigenvalue weighted by Crippen LogP contribution is -2.03. The van der Waals surface area contributed by atoms with Crippen LogP contribution in [0.2, 0.25) is 0 Å². The van der Waals surface area contributed by atoms with Crippen LogP contribution in [0.1, 0.15) is 24.0 Å². The van der Waals surface area contributed by atoms with E-state index in [4.69, 9.17) is 0 Å². The van der Waals surface area contributed by atoms with Gasteiger partial charge in [0.25, 0.3) is 0 Å². The number of pyridine rings is 1. The second-order valence-corrected chi connectivity index (χ2v) is 5.55. The van der Waals surface area contributed by atoms with Crippen LogP contribution in [0.4, 0.5) is 0 Å². The molecule has 0 saturated heterocycles. The van der Waals surface area contributed by atoms with Crippen LogP contribution >= 0.6 is 0 Å². The molecule has 0 spiro atoms. The number of benzene rings is 1. The number of rotatable bonds is 7. The highest BCUT2D eigenvalue weighted by Crippen LogP contribution is 2.11. The van der Waals surface area contributed by atoms with Gasteiger partial charge in [0, 0.05) is 37.6 Å². The van der Waals surface area contributed by atoms with E-state index in [1.165, 1.54) is 5.56 Å². The van der Waals surface area contributed by atoms with Crippen molar-refractivity contribution in [2.75, 3.05) is 0 Å². The van der Waals surface area contributed by atoms with Crippen molar-refractivity contribution >= 4 is 5.78 Å². The van der Waals surface area contributed by atoms with Gasteiger partial charge in [-0.1, -0.05) is 18.2 Å². The van der Waals surface area contributed by atoms with E-state index < -0.39 is 0 Å². The lowest BCUT2D eigenvalue weighted by atomic mass is 10.0. The second-order valence-electron chi connectivity index (χ2n) is 5.55. The number of carbonyl (C=O) groups is 1. The molecule has 0 aliphatic heterocycles. The molecule has 0 N–H and O–H groups in total. The first-order valence-corrected chi connectivity index (χ1v) is 7.81. The Morgan fingerprint density at radius 3 is 2.57 bits per heavy atom. The number of aromatic nitrogens is 3. The summed E-state index contributed by atoms with van der Waals surface area (Å²) in [5, 5.41) is 4.21. The molecule has 2 aromatic heterocycles. The third-order valence-electron chi connectivity index (χ3n) is 3.75. The molecule has 0 radical (unpaired) electrons. The van der Waals surface area contributed by atoms with Crippen molar-refractivity contribution < 1.29 is 4.79 Å². The van der Waals surface area contributed by atoms with Crippen molar-refractivity contribution in [2.24, 2.45) is 0 Å². The first kappa shape index (κ1) is 15.2. The summed E-state index contributed by atoms with van der Waals surface area (Å²) in [6.45, 7) is 0. The predicted molar refractivity (Wildman–Crippen MR) is 89.5 cm³/mol. The minimum atomic E-state index is 0.270. The molecular formula is C19H19N3O. The van der Waals surface area contributed by atoms with Crippen molar-refractivity contribution in [1.29, 1.82) is 0 Å². The molecule has 3 aromatic rings. The molecule has 0 saturated carbocycles. The highest BCUT2D eigenvalue weighted by Gasteiger charge is 2.04. The van der Waals surface area contributed by atoms with E-state index in [1.54, 1.807) is 18.6 Å². The number of carbonyl (C=O) groups excluding carboxylic acids is 1. The van der Waals surface area contributed by atoms with Gasteiger partial charge in [-0.2, -0.15) is 5.10 Å². The zero-order valence-electron chi connectivity index (χ0n) is 12.9. The molecule has 1 aromatic carbocycles. The summed E-state index contributed by atoms with van der Waals surface area (Å²) in [5.41, 5.74) is 3.28. The van der Waals surface area contributed by atoms with Gasteiger partial charge in [-0.15, -0.1) is 0 Å². The van der Waals surface area contributed by atoms with E-state index in [0.29, 0.717) is 12.8 Å². The zero-order valence-corrected chi connectivity index (χ0v) is 12.9. The first-order chi connectivity index (χ1) is 11.3. The Hall–Kier alpha value is -2.75. The Balaban J connectivity index is 1.46. The van der Waals surface area contributed by atoms with Gasteiger partial charge < -0.3 is 0 Å². The molecule has 0 unspecified atom stereocenters. The van der Waals surface area contributed by atoms with Crippen molar-refractivity contribution in [3.8, 4) is 5.69 Å². The van der Waals surface area contributed by atoms with Gasteiger partial charge in [0.15, 0.2) is 0 Å². The largest absolute Gasteiger partial charge is 0.299 e. The average Bonchev–Trinajstić information content (AvgIpc) is 3.11. The summed E-state index contributed by atoms with van der Waals surface area (Å²) in [5.74, 6) is 0.270. The molecule has 2 heterocycles. The number of hydrogen-bond donors (Lipinski definition) is 0. The normalized spacial score (nSPS) is 10.6. The van der Waals surface area contributed by atoms with Crippen LogP contribution in [-0.2, 0) is 17.6 Å². The summed E-state index contributed by atoms with van der Waals surface area (Å²) in [4.78, 5) is 16.0. The number of nitrogens with zero attached hydrogens (tertiary/aromatic N) is 3. The van der Waals surface area contributed by atoms with E-state index in [9.17, 15) is 4.79 Å². The monoisotopic (exact) mass is 305 g/mol. The number of aryl methyl sites for hydroxylation is 1. The topological polar surface area (TPSA) is 47.8 Å². The van der Waals surface area contributed by atoms with E-state index in [-0.39, 0.29) is 5.78 Å². The van der Waals surface area contributed by atoms with Crippen LogP contribution in [0.15, 0.2) is 67.3 Å². The molecule has 4 heteroatoms. The van der Waals surface area contributed by atoms with Gasteiger partial charge in [0.2, 0.25) is 0 Å². The molecule has 3 rings (SSSR count). The van der Waals surface area contributed by atoms with Crippen LogP contribution < -0.4 is 0 Å². The maximum absolute atomic E-state index is 12.0. The molecule has 116 valence electrons. The summed E-state index contributed by atoms with van der Waals surface area (Å²) in [6.07, 6.45) is 10.0. The van der Waals surface area contributed by atoms with Gasteiger partial charge in [0.05, 0.1) is 5.69 Å². The quantitative estimate of drug-likeness (QED) is 0.672. The maximum atomic E-state index is 12.0. The Labute approximate surface area is 135 Å². The molecule has 4 nitrogen and oxygen atoms in total. The van der Waals surface area contributed by atoms with E-state index in [1.807, 2.05) is 29.1 Å². The van der Waals surface area contributed by atoms with Crippen LogP contribution in [0.25, 0.3) is 5.69 Å². The third-order valence-corrected chi connectivity index (χ3v) is 3.75. The fourth-order valence-electron chi connectivity index (χ4n) is 2.55. The Morgan fingerprint density at radius 1 is 1.00 bits per heavy atom. The molecule has 0 aliphatic rings. The Morgan fingerprint density at radius 2 is 1.87 bits per heavy atom. The fraction of sp³-hybridized carbons (Fsp3) is 0.211. The number of hydrogen-bond acceptors (Lipinski definition) is 3. The lowest BCUT2D eigenvalue weighted by molar-refractivity contribution is -0.118. The van der Waals surface area contributed by atoms with E-state index in [2.05, 4.69) is 34.3 Å². The molecule has 0 atom stereocenters. The molecule has 0 fully saturated rings. The van der Waals surface area contributed by atoms with E-state index >= 15 is 0 Å². The number of Topliss-reactive ketones (excluding diaryl/α,β-unsaturated/α-hetero) is 1. The van der Waals surface area contributed by atoms with Crippen molar-refractivity contribution in [3.63, 3.8) is 0 Å². The smallest absolute Gasteiger partial charge is 0.137 e. The van der Waals surface area contributed by atoms with Crippen LogP contribution in [-0.4, -0.2) is 20.5 Å². The molecular weight excluding hydrogens is 286 g/mol. The minimum absolute atomic E-state index is 0.270. The van der Waals surface area contributed by atoms with Gasteiger partial charge in [-0.3, -0.25) is 9.78 Å². The van der Waals surface area contributed by atoms with Crippen molar-refractivity contribution in [1.82, 2.24) is 14.8 Å². The van der Waals surface area contributed by atoms with Crippen molar-refractivity contribution in [3.05, 3.63) is 78.4 Å². The molecule has 23 heavy (non-hydrogen) atoms. The summed E-state index contributed by atoms with van der Waals surface area (Å²) >= 11 is 0. The lowest BCUT2D eigenvalue weighted by Gasteiger charge is -2.05. The maximum Gasteiger partial charge on any atom is 0.137 e. The molecule has 0 aliphatic carbocycles. The Bertz CT molecular complexity index is 734. The van der Waals surface area contributed by atoms with E-state index in [0.717, 1.165) is 24.1 Å². The number of ketones is 1. The standard InChI is InChI=1S/C19H19N3O/c23-19(14-17-5-2-11-20-15-17)6-1-4-16-7-9-18(10-8-16)22-13-3-12-21-22/h2-3,5,7-13,15H,1,4,6,14H2. The summed E-state index contributed by atoms with van der Waals surface area (Å²) in [7, 11) is 0. The Kier molecular flexibility index (Phi) is 4.94. The molecule has 0 amide bonds. The predicted octanol–water partition coefficient (Wildman–Crippen LogP) is 3.40. The first-order valence-electron chi connectivity index (χ1n) is 7.81. The minimum Gasteiger partial charge on any atom is -0.299 e. The van der Waals surface area contributed by atoms with Crippen LogP contribution in [0.3, 0.4) is 0 Å². The summed E-state index contributed by atoms with van der Waals surface area (Å²) in [6, 6.07) is 14.0. The van der Waals surface area contributed by atoms with Gasteiger partial charge in [-0.25, -0.2) is 4.68 Å². The second kappa shape index (κ2) is 7.49. The van der Waals surface area contributed by atoms with Crippen LogP contribution in [0.5, 0.6) is 0 Å². The zero-order chi connectivity index (χ0) is 15.9. The van der Waals surface area contributed by atoms with Gasteiger partial charge in [0.1, 0.15) is 5.78 Å². The highest BCUT2D eigenvalue weighted by atomic mass is 16.1. The highest BCUT2D eigenvalue weighted by molar-refractivity contribution is 5.80. The van der Waals surface area contributed by atoms with Crippen molar-refractivity contribution in [2.45, 2.75) is 25.7 Å². The van der Waals surface area contributed by atoms with Gasteiger partial charge >= 0.3 is 0 Å². The van der Waals surface area contributed by atoms with Crippen LogP contribution in [0, 0.1) is 0 Å². The SMILES string of the molecule is O=C(CCCc1ccc(-n2cccn2)cc1)Cc1cccnc1. The van der Waals surface area contributed by atoms with Gasteiger partial charge in [-0.05, 0) is 48.2 Å².